The molecule has 0 bridgehead atoms. The smallest absolute Gasteiger partial charge is 0.419 e. The molecule has 0 aliphatic heterocycles. The molecule has 1 N–H and O–H groups in total. The Morgan fingerprint density at radius 2 is 2.11 bits per heavy atom. The highest BCUT2D eigenvalue weighted by Crippen LogP contribution is 2.11. The predicted octanol–water partition coefficient (Wildman–Crippen LogP) is 1.93. The molecule has 18 heavy (non-hydrogen) atoms. The zero-order chi connectivity index (χ0) is 13.9. The van der Waals surface area contributed by atoms with Crippen molar-refractivity contribution in [3.05, 3.63) is 18.2 Å². The molecule has 6 nitrogen and oxygen atoms in total. The Bertz CT molecular complexity index is 445. The van der Waals surface area contributed by atoms with Gasteiger partial charge in [0, 0.05) is 12.6 Å². The van der Waals surface area contributed by atoms with Crippen LogP contribution in [-0.2, 0) is 16.0 Å². The van der Waals surface area contributed by atoms with E-state index in [1.54, 1.807) is 27.7 Å². The lowest BCUT2D eigenvalue weighted by Gasteiger charge is -2.19. The molecule has 0 unspecified atom stereocenters. The van der Waals surface area contributed by atoms with Crippen LogP contribution in [0, 0.1) is 5.92 Å². The van der Waals surface area contributed by atoms with Gasteiger partial charge < -0.3 is 9.84 Å². The first-order chi connectivity index (χ1) is 8.19. The van der Waals surface area contributed by atoms with Crippen molar-refractivity contribution < 1.29 is 19.4 Å². The molecule has 0 aliphatic carbocycles. The third-order valence-corrected chi connectivity index (χ3v) is 2.18. The summed E-state index contributed by atoms with van der Waals surface area (Å²) < 4.78 is 6.37. The lowest BCUT2D eigenvalue weighted by Crippen LogP contribution is -2.26. The van der Waals surface area contributed by atoms with E-state index in [4.69, 9.17) is 9.84 Å². The summed E-state index contributed by atoms with van der Waals surface area (Å²) in [7, 11) is 0. The Kier molecular flexibility index (Phi) is 4.11. The average molecular weight is 254 g/mol. The van der Waals surface area contributed by atoms with Crippen LogP contribution in [-0.4, -0.2) is 32.3 Å². The second kappa shape index (κ2) is 5.20. The van der Waals surface area contributed by atoms with Gasteiger partial charge in [0.05, 0.1) is 11.6 Å². The fraction of sp³-hybridized carbons (Fsp3) is 0.583. The van der Waals surface area contributed by atoms with Crippen molar-refractivity contribution in [3.63, 3.8) is 0 Å². The number of hydrogen-bond donors (Lipinski definition) is 1. The number of aliphatic carboxylic acids is 1. The Morgan fingerprint density at radius 3 is 2.61 bits per heavy atom. The molecule has 1 atom stereocenters. The van der Waals surface area contributed by atoms with Crippen LogP contribution in [0.4, 0.5) is 4.79 Å². The molecular weight excluding hydrogens is 236 g/mol. The minimum Gasteiger partial charge on any atom is -0.481 e. The zero-order valence-corrected chi connectivity index (χ0v) is 11.0. The second-order valence-electron chi connectivity index (χ2n) is 5.20. The summed E-state index contributed by atoms with van der Waals surface area (Å²) >= 11 is 0. The molecule has 0 saturated carbocycles. The van der Waals surface area contributed by atoms with Gasteiger partial charge in [-0.25, -0.2) is 14.3 Å². The number of carbonyl (C=O) groups is 2. The van der Waals surface area contributed by atoms with E-state index in [2.05, 4.69) is 4.98 Å². The van der Waals surface area contributed by atoms with Crippen LogP contribution >= 0.6 is 0 Å². The third kappa shape index (κ3) is 4.20. The normalized spacial score (nSPS) is 13.1. The third-order valence-electron chi connectivity index (χ3n) is 2.18. The van der Waals surface area contributed by atoms with Crippen LogP contribution in [0.25, 0.3) is 0 Å². The minimum atomic E-state index is -0.887. The molecule has 1 aromatic rings. The maximum atomic E-state index is 11.7. The quantitative estimate of drug-likeness (QED) is 0.891. The zero-order valence-electron chi connectivity index (χ0n) is 11.0. The van der Waals surface area contributed by atoms with Crippen LogP contribution in [0.3, 0.4) is 0 Å². The highest BCUT2D eigenvalue weighted by molar-refractivity contribution is 5.71. The topological polar surface area (TPSA) is 81.4 Å². The van der Waals surface area contributed by atoms with Crippen molar-refractivity contribution in [2.24, 2.45) is 5.92 Å². The molecule has 0 fully saturated rings. The van der Waals surface area contributed by atoms with Crippen molar-refractivity contribution in [2.75, 3.05) is 0 Å². The van der Waals surface area contributed by atoms with Gasteiger partial charge in [0.1, 0.15) is 11.9 Å². The second-order valence-corrected chi connectivity index (χ2v) is 5.20. The fourth-order valence-electron chi connectivity index (χ4n) is 1.28. The lowest BCUT2D eigenvalue weighted by molar-refractivity contribution is -0.141. The van der Waals surface area contributed by atoms with Gasteiger partial charge >= 0.3 is 12.1 Å². The standard InChI is InChI=1S/C12H18N2O4/c1-8(10(15)16)5-9-6-14(7-13-9)11(17)18-12(2,3)4/h6-8H,5H2,1-4H3,(H,15,16)/t8-/m0/s1. The van der Waals surface area contributed by atoms with Crippen LogP contribution < -0.4 is 0 Å². The Balaban J connectivity index is 2.69. The van der Waals surface area contributed by atoms with Crippen molar-refractivity contribution in [3.8, 4) is 0 Å². The van der Waals surface area contributed by atoms with E-state index in [-0.39, 0.29) is 6.42 Å². The molecule has 0 amide bonds. The number of nitrogens with zero attached hydrogens (tertiary/aromatic N) is 2. The molecule has 0 aliphatic rings. The summed E-state index contributed by atoms with van der Waals surface area (Å²) in [5, 5.41) is 8.79. The van der Waals surface area contributed by atoms with E-state index in [9.17, 15) is 9.59 Å². The van der Waals surface area contributed by atoms with Gasteiger partial charge in [-0.05, 0) is 20.8 Å². The number of ether oxygens (including phenoxy) is 1. The van der Waals surface area contributed by atoms with Gasteiger partial charge in [-0.15, -0.1) is 0 Å². The molecular formula is C12H18N2O4. The lowest BCUT2D eigenvalue weighted by atomic mass is 10.1. The van der Waals surface area contributed by atoms with Crippen molar-refractivity contribution >= 4 is 12.1 Å². The summed E-state index contributed by atoms with van der Waals surface area (Å²) in [6.07, 6.45) is 2.58. The van der Waals surface area contributed by atoms with E-state index in [0.29, 0.717) is 5.69 Å². The predicted molar refractivity (Wildman–Crippen MR) is 64.4 cm³/mol. The van der Waals surface area contributed by atoms with E-state index < -0.39 is 23.6 Å². The first-order valence-corrected chi connectivity index (χ1v) is 5.68. The Labute approximate surface area is 106 Å². The van der Waals surface area contributed by atoms with Crippen molar-refractivity contribution in [1.82, 2.24) is 9.55 Å². The van der Waals surface area contributed by atoms with Crippen molar-refractivity contribution in [2.45, 2.75) is 39.7 Å². The van der Waals surface area contributed by atoms with Crippen molar-refractivity contribution in [1.29, 1.82) is 0 Å². The number of rotatable bonds is 3. The summed E-state index contributed by atoms with van der Waals surface area (Å²) in [5.41, 5.74) is -0.0219. The molecule has 6 heteroatoms. The minimum absolute atomic E-state index is 0.283. The number of carbonyl (C=O) groups excluding carboxylic acids is 1. The number of carboxylic acid groups (broad SMARTS) is 1. The molecule has 1 rings (SSSR count). The molecule has 0 spiro atoms. The summed E-state index contributed by atoms with van der Waals surface area (Å²) in [6.45, 7) is 6.91. The molecule has 0 radical (unpaired) electrons. The number of aromatic nitrogens is 2. The van der Waals surface area contributed by atoms with Gasteiger partial charge in [-0.2, -0.15) is 0 Å². The van der Waals surface area contributed by atoms with E-state index >= 15 is 0 Å². The average Bonchev–Trinajstić information content (AvgIpc) is 2.63. The van der Waals surface area contributed by atoms with Gasteiger partial charge in [0.15, 0.2) is 0 Å². The molecule has 0 aromatic carbocycles. The summed E-state index contributed by atoms with van der Waals surface area (Å²) in [6, 6.07) is 0. The van der Waals surface area contributed by atoms with Gasteiger partial charge in [0.25, 0.3) is 0 Å². The summed E-state index contributed by atoms with van der Waals surface area (Å²) in [5.74, 6) is -1.42. The van der Waals surface area contributed by atoms with Crippen LogP contribution in [0.2, 0.25) is 0 Å². The van der Waals surface area contributed by atoms with E-state index in [1.165, 1.54) is 17.1 Å². The van der Waals surface area contributed by atoms with Gasteiger partial charge in [-0.3, -0.25) is 4.79 Å². The molecule has 0 saturated heterocycles. The number of imidazole rings is 1. The van der Waals surface area contributed by atoms with Gasteiger partial charge in [0.2, 0.25) is 0 Å². The van der Waals surface area contributed by atoms with E-state index in [0.717, 1.165) is 0 Å². The van der Waals surface area contributed by atoms with E-state index in [1.807, 2.05) is 0 Å². The maximum absolute atomic E-state index is 11.7. The van der Waals surface area contributed by atoms with Crippen LogP contribution in [0.5, 0.6) is 0 Å². The Morgan fingerprint density at radius 1 is 1.50 bits per heavy atom. The van der Waals surface area contributed by atoms with Crippen LogP contribution in [0.1, 0.15) is 33.4 Å². The highest BCUT2D eigenvalue weighted by Gasteiger charge is 2.19. The SMILES string of the molecule is C[C@@H](Cc1cn(C(=O)OC(C)(C)C)cn1)C(=O)O. The van der Waals surface area contributed by atoms with Crippen LogP contribution in [0.15, 0.2) is 12.5 Å². The largest absolute Gasteiger partial charge is 0.481 e. The molecule has 1 aromatic heterocycles. The van der Waals surface area contributed by atoms with Gasteiger partial charge in [-0.1, -0.05) is 6.92 Å². The fourth-order valence-corrected chi connectivity index (χ4v) is 1.28. The first kappa shape index (κ1) is 14.2. The highest BCUT2D eigenvalue weighted by atomic mass is 16.6. The maximum Gasteiger partial charge on any atom is 0.419 e. The Hall–Kier alpha value is -1.85. The summed E-state index contributed by atoms with van der Waals surface area (Å²) in [4.78, 5) is 26.4. The number of carboxylic acids is 1. The number of hydrogen-bond acceptors (Lipinski definition) is 4. The first-order valence-electron chi connectivity index (χ1n) is 5.68. The molecule has 100 valence electrons. The molecule has 1 heterocycles. The monoisotopic (exact) mass is 254 g/mol.